The summed E-state index contributed by atoms with van der Waals surface area (Å²) in [4.78, 5) is 12.8. The van der Waals surface area contributed by atoms with Gasteiger partial charge >= 0.3 is 0 Å². The molecular formula is C12H19ClN2OS. The molecule has 0 spiro atoms. The molecule has 1 amide bonds. The van der Waals surface area contributed by atoms with Crippen molar-refractivity contribution in [2.75, 3.05) is 6.54 Å². The minimum Gasteiger partial charge on any atom is -0.354 e. The SMILES string of the molecule is CC(C)CNC(=O)C(C)NCc1cc(Cl)cs1. The molecule has 1 heterocycles. The number of amides is 1. The number of thiophene rings is 1. The predicted molar refractivity (Wildman–Crippen MR) is 73.5 cm³/mol. The summed E-state index contributed by atoms with van der Waals surface area (Å²) in [5, 5.41) is 8.72. The summed E-state index contributed by atoms with van der Waals surface area (Å²) >= 11 is 7.42. The Kier molecular flexibility index (Phi) is 5.95. The van der Waals surface area contributed by atoms with Gasteiger partial charge in [0, 0.05) is 23.3 Å². The summed E-state index contributed by atoms with van der Waals surface area (Å²) in [6, 6.07) is 1.73. The van der Waals surface area contributed by atoms with E-state index >= 15 is 0 Å². The Bertz CT molecular complexity index is 365. The number of carbonyl (C=O) groups excluding carboxylic acids is 1. The van der Waals surface area contributed by atoms with Crippen LogP contribution < -0.4 is 10.6 Å². The minimum absolute atomic E-state index is 0.0429. The quantitative estimate of drug-likeness (QED) is 0.837. The first-order chi connectivity index (χ1) is 7.99. The molecule has 0 fully saturated rings. The van der Waals surface area contributed by atoms with Crippen molar-refractivity contribution in [1.29, 1.82) is 0 Å². The largest absolute Gasteiger partial charge is 0.354 e. The molecule has 0 aliphatic rings. The number of hydrogen-bond donors (Lipinski definition) is 2. The van der Waals surface area contributed by atoms with Crippen LogP contribution in [0.2, 0.25) is 5.02 Å². The summed E-state index contributed by atoms with van der Waals surface area (Å²) < 4.78 is 0. The summed E-state index contributed by atoms with van der Waals surface area (Å²) in [6.07, 6.45) is 0. The lowest BCUT2D eigenvalue weighted by Gasteiger charge is -2.14. The first-order valence-electron chi connectivity index (χ1n) is 5.73. The van der Waals surface area contributed by atoms with Gasteiger partial charge in [-0.05, 0) is 18.9 Å². The first-order valence-corrected chi connectivity index (χ1v) is 6.98. The van der Waals surface area contributed by atoms with E-state index in [4.69, 9.17) is 11.6 Å². The van der Waals surface area contributed by atoms with Gasteiger partial charge in [0.25, 0.3) is 0 Å². The lowest BCUT2D eigenvalue weighted by atomic mass is 10.2. The van der Waals surface area contributed by atoms with Crippen molar-refractivity contribution < 1.29 is 4.79 Å². The van der Waals surface area contributed by atoms with E-state index in [-0.39, 0.29) is 11.9 Å². The molecule has 0 radical (unpaired) electrons. The van der Waals surface area contributed by atoms with E-state index in [1.807, 2.05) is 18.4 Å². The molecule has 0 aromatic carbocycles. The Morgan fingerprint density at radius 2 is 2.18 bits per heavy atom. The maximum absolute atomic E-state index is 11.7. The smallest absolute Gasteiger partial charge is 0.236 e. The molecule has 0 saturated heterocycles. The van der Waals surface area contributed by atoms with Gasteiger partial charge in [0.1, 0.15) is 0 Å². The molecule has 1 unspecified atom stereocenters. The Hall–Kier alpha value is -0.580. The van der Waals surface area contributed by atoms with Gasteiger partial charge in [-0.15, -0.1) is 11.3 Å². The van der Waals surface area contributed by atoms with Gasteiger partial charge in [0.2, 0.25) is 5.91 Å². The molecule has 96 valence electrons. The monoisotopic (exact) mass is 274 g/mol. The van der Waals surface area contributed by atoms with E-state index in [1.54, 1.807) is 11.3 Å². The first kappa shape index (κ1) is 14.5. The van der Waals surface area contributed by atoms with E-state index in [1.165, 1.54) is 0 Å². The van der Waals surface area contributed by atoms with Crippen molar-refractivity contribution >= 4 is 28.8 Å². The number of hydrogen-bond acceptors (Lipinski definition) is 3. The van der Waals surface area contributed by atoms with Crippen molar-refractivity contribution in [3.8, 4) is 0 Å². The van der Waals surface area contributed by atoms with Crippen LogP contribution in [0.15, 0.2) is 11.4 Å². The minimum atomic E-state index is -0.186. The topological polar surface area (TPSA) is 41.1 Å². The normalized spacial score (nSPS) is 12.8. The molecule has 1 aromatic heterocycles. The van der Waals surface area contributed by atoms with E-state index in [9.17, 15) is 4.79 Å². The van der Waals surface area contributed by atoms with E-state index in [0.29, 0.717) is 12.5 Å². The molecule has 0 aliphatic carbocycles. The molecule has 17 heavy (non-hydrogen) atoms. The Morgan fingerprint density at radius 3 is 2.71 bits per heavy atom. The maximum atomic E-state index is 11.7. The van der Waals surface area contributed by atoms with E-state index in [0.717, 1.165) is 16.4 Å². The van der Waals surface area contributed by atoms with Crippen LogP contribution in [-0.4, -0.2) is 18.5 Å². The molecule has 1 atom stereocenters. The average molecular weight is 275 g/mol. The van der Waals surface area contributed by atoms with Crippen LogP contribution in [0.4, 0.5) is 0 Å². The second kappa shape index (κ2) is 6.99. The standard InChI is InChI=1S/C12H19ClN2OS/c1-8(2)5-15-12(16)9(3)14-6-11-4-10(13)7-17-11/h4,7-9,14H,5-6H2,1-3H3,(H,15,16). The third kappa shape index (κ3) is 5.52. The van der Waals surface area contributed by atoms with Crippen LogP contribution in [0.1, 0.15) is 25.6 Å². The van der Waals surface area contributed by atoms with Gasteiger partial charge in [-0.3, -0.25) is 4.79 Å². The zero-order chi connectivity index (χ0) is 12.8. The van der Waals surface area contributed by atoms with Gasteiger partial charge in [-0.1, -0.05) is 25.4 Å². The van der Waals surface area contributed by atoms with Crippen molar-refractivity contribution in [3.63, 3.8) is 0 Å². The number of nitrogens with one attached hydrogen (secondary N) is 2. The second-order valence-electron chi connectivity index (χ2n) is 4.47. The summed E-state index contributed by atoms with van der Waals surface area (Å²) in [5.41, 5.74) is 0. The van der Waals surface area contributed by atoms with Gasteiger partial charge in [-0.2, -0.15) is 0 Å². The molecule has 1 rings (SSSR count). The summed E-state index contributed by atoms with van der Waals surface area (Å²) in [7, 11) is 0. The Morgan fingerprint density at radius 1 is 1.47 bits per heavy atom. The van der Waals surface area contributed by atoms with Crippen LogP contribution >= 0.6 is 22.9 Å². The number of halogens is 1. The Labute approximate surface area is 112 Å². The molecule has 5 heteroatoms. The van der Waals surface area contributed by atoms with Gasteiger partial charge in [-0.25, -0.2) is 0 Å². The average Bonchev–Trinajstić information content (AvgIpc) is 2.68. The highest BCUT2D eigenvalue weighted by Crippen LogP contribution is 2.18. The number of rotatable bonds is 6. The zero-order valence-electron chi connectivity index (χ0n) is 10.4. The van der Waals surface area contributed by atoms with Crippen molar-refractivity contribution in [3.05, 3.63) is 21.3 Å². The Balaban J connectivity index is 2.29. The van der Waals surface area contributed by atoms with Crippen molar-refractivity contribution in [1.82, 2.24) is 10.6 Å². The highest BCUT2D eigenvalue weighted by atomic mass is 35.5. The van der Waals surface area contributed by atoms with Crippen molar-refractivity contribution in [2.45, 2.75) is 33.4 Å². The third-order valence-electron chi connectivity index (χ3n) is 2.28. The van der Waals surface area contributed by atoms with E-state index in [2.05, 4.69) is 24.5 Å². The number of carbonyl (C=O) groups is 1. The summed E-state index contributed by atoms with van der Waals surface area (Å²) in [5.74, 6) is 0.517. The molecule has 0 saturated carbocycles. The highest BCUT2D eigenvalue weighted by Gasteiger charge is 2.12. The van der Waals surface area contributed by atoms with Crippen LogP contribution in [0.3, 0.4) is 0 Å². The second-order valence-corrected chi connectivity index (χ2v) is 5.91. The zero-order valence-corrected chi connectivity index (χ0v) is 12.0. The predicted octanol–water partition coefficient (Wildman–Crippen LogP) is 2.65. The fraction of sp³-hybridized carbons (Fsp3) is 0.583. The fourth-order valence-electron chi connectivity index (χ4n) is 1.25. The lowest BCUT2D eigenvalue weighted by molar-refractivity contribution is -0.122. The fourth-order valence-corrected chi connectivity index (χ4v) is 2.27. The maximum Gasteiger partial charge on any atom is 0.236 e. The van der Waals surface area contributed by atoms with Crippen LogP contribution in [0, 0.1) is 5.92 Å². The molecular weight excluding hydrogens is 256 g/mol. The van der Waals surface area contributed by atoms with E-state index < -0.39 is 0 Å². The van der Waals surface area contributed by atoms with Gasteiger partial charge < -0.3 is 10.6 Å². The van der Waals surface area contributed by atoms with Crippen molar-refractivity contribution in [2.24, 2.45) is 5.92 Å². The molecule has 3 nitrogen and oxygen atoms in total. The highest BCUT2D eigenvalue weighted by molar-refractivity contribution is 7.10. The molecule has 1 aromatic rings. The van der Waals surface area contributed by atoms with Crippen LogP contribution in [0.25, 0.3) is 0 Å². The van der Waals surface area contributed by atoms with Crippen LogP contribution in [0.5, 0.6) is 0 Å². The van der Waals surface area contributed by atoms with Crippen LogP contribution in [-0.2, 0) is 11.3 Å². The molecule has 0 bridgehead atoms. The van der Waals surface area contributed by atoms with Gasteiger partial charge in [0.15, 0.2) is 0 Å². The molecule has 0 aliphatic heterocycles. The van der Waals surface area contributed by atoms with Gasteiger partial charge in [0.05, 0.1) is 11.1 Å². The molecule has 2 N–H and O–H groups in total. The lowest BCUT2D eigenvalue weighted by Crippen LogP contribution is -2.42. The summed E-state index contributed by atoms with van der Waals surface area (Å²) in [6.45, 7) is 7.41. The third-order valence-corrected chi connectivity index (χ3v) is 3.57.